The molecule has 1 aromatic carbocycles. The number of carboxylic acid groups (broad SMARTS) is 4. The van der Waals surface area contributed by atoms with Gasteiger partial charge in [0.25, 0.3) is 0 Å². The maximum atomic E-state index is 12.5. The van der Waals surface area contributed by atoms with Gasteiger partial charge in [0.05, 0.1) is 18.2 Å². The Kier molecular flexibility index (Phi) is 26.6. The zero-order chi connectivity index (χ0) is 44.0. The zero-order valence-electron chi connectivity index (χ0n) is 33.5. The van der Waals surface area contributed by atoms with E-state index < -0.39 is 90.9 Å². The van der Waals surface area contributed by atoms with E-state index in [0.29, 0.717) is 50.9 Å². The summed E-state index contributed by atoms with van der Waals surface area (Å²) >= 11 is 0. The van der Waals surface area contributed by atoms with Crippen molar-refractivity contribution in [2.24, 2.45) is 5.73 Å². The molecule has 0 aliphatic rings. The van der Waals surface area contributed by atoms with Crippen LogP contribution in [-0.2, 0) is 38.4 Å². The van der Waals surface area contributed by atoms with Crippen LogP contribution in [0.25, 0.3) is 0 Å². The van der Waals surface area contributed by atoms with E-state index in [1.165, 1.54) is 12.1 Å². The van der Waals surface area contributed by atoms with Gasteiger partial charge in [-0.1, -0.05) is 44.9 Å². The van der Waals surface area contributed by atoms with Crippen molar-refractivity contribution in [3.63, 3.8) is 0 Å². The number of aromatic carboxylic acids is 1. The van der Waals surface area contributed by atoms with Crippen LogP contribution < -0.4 is 31.7 Å². The molecule has 330 valence electrons. The van der Waals surface area contributed by atoms with Crippen molar-refractivity contribution in [1.82, 2.24) is 21.3 Å². The van der Waals surface area contributed by atoms with Gasteiger partial charge >= 0.3 is 23.9 Å². The number of carbonyl (C=O) groups is 9. The lowest BCUT2D eigenvalue weighted by Gasteiger charge is -2.18. The van der Waals surface area contributed by atoms with Crippen LogP contribution in [0.3, 0.4) is 0 Å². The summed E-state index contributed by atoms with van der Waals surface area (Å²) in [5, 5.41) is 47.0. The first-order valence-electron chi connectivity index (χ1n) is 20.1. The molecule has 0 heterocycles. The van der Waals surface area contributed by atoms with Crippen LogP contribution in [0, 0.1) is 0 Å². The molecule has 1 rings (SSSR count). The number of hydrogen-bond donors (Lipinski definition) is 9. The van der Waals surface area contributed by atoms with Crippen molar-refractivity contribution in [3.8, 4) is 5.75 Å². The average Bonchev–Trinajstić information content (AvgIpc) is 3.19. The van der Waals surface area contributed by atoms with Gasteiger partial charge in [0.1, 0.15) is 30.2 Å². The third-order valence-electron chi connectivity index (χ3n) is 9.26. The van der Waals surface area contributed by atoms with Crippen molar-refractivity contribution in [1.29, 1.82) is 0 Å². The molecule has 0 fully saturated rings. The number of ether oxygens (including phenoxy) is 1. The number of aldehydes is 1. The molecule has 0 aliphatic carbocycles. The van der Waals surface area contributed by atoms with E-state index in [4.69, 9.17) is 15.6 Å². The minimum Gasteiger partial charge on any atom is -0.494 e. The maximum absolute atomic E-state index is 12.5. The number of carboxylic acids is 4. The van der Waals surface area contributed by atoms with Gasteiger partial charge in [0.2, 0.25) is 23.6 Å². The number of aliphatic carboxylic acids is 3. The topological polar surface area (TPSA) is 318 Å². The van der Waals surface area contributed by atoms with Crippen molar-refractivity contribution in [3.05, 3.63) is 29.8 Å². The maximum Gasteiger partial charge on any atom is 0.335 e. The highest BCUT2D eigenvalue weighted by atomic mass is 16.5. The molecule has 1 aromatic rings. The first kappa shape index (κ1) is 51.4. The van der Waals surface area contributed by atoms with E-state index in [1.807, 2.05) is 0 Å². The summed E-state index contributed by atoms with van der Waals surface area (Å²) < 4.78 is 5.63. The summed E-state index contributed by atoms with van der Waals surface area (Å²) in [6, 6.07) is 1.35. The van der Waals surface area contributed by atoms with Crippen molar-refractivity contribution >= 4 is 53.8 Å². The van der Waals surface area contributed by atoms with Crippen molar-refractivity contribution in [2.75, 3.05) is 13.2 Å². The molecule has 10 N–H and O–H groups in total. The van der Waals surface area contributed by atoms with Crippen LogP contribution in [0.4, 0.5) is 0 Å². The van der Waals surface area contributed by atoms with Crippen LogP contribution >= 0.6 is 0 Å². The summed E-state index contributed by atoms with van der Waals surface area (Å²) in [7, 11) is 0. The molecule has 0 saturated carbocycles. The van der Waals surface area contributed by atoms with E-state index in [9.17, 15) is 58.5 Å². The monoisotopic (exact) mass is 835 g/mol. The van der Waals surface area contributed by atoms with Crippen molar-refractivity contribution < 1.29 is 68.3 Å². The molecule has 0 spiro atoms. The molecule has 0 aliphatic heterocycles. The molecule has 19 heteroatoms. The standard InChI is InChI=1S/C40H61N5O14/c41-28(26-46)12-9-10-24-42-33(47)21-18-30(38(53)54)44-35(49)23-20-32(40(57)58)45-36(50)22-19-31(39(55)56)43-34(48)13-8-6-4-2-1-3-5-7-11-25-59-29-16-14-27(15-17-29)37(51)52/h14-17,26,28,30-32H,1-13,18-25,41H2,(H,42,47)(H,43,48)(H,44,49)(H,45,50)(H,51,52)(H,53,54)(H,55,56)(H,57,58)/t28-,30-,31-,32-/m0/s1. The molecule has 0 unspecified atom stereocenters. The summed E-state index contributed by atoms with van der Waals surface area (Å²) in [5.41, 5.74) is 5.71. The predicted octanol–water partition coefficient (Wildman–Crippen LogP) is 2.53. The van der Waals surface area contributed by atoms with Crippen LogP contribution in [0.15, 0.2) is 24.3 Å². The highest BCUT2D eigenvalue weighted by Crippen LogP contribution is 2.15. The first-order chi connectivity index (χ1) is 28.1. The second-order valence-electron chi connectivity index (χ2n) is 14.2. The minimum absolute atomic E-state index is 0.105. The number of amides is 4. The lowest BCUT2D eigenvalue weighted by Crippen LogP contribution is -2.45. The molecule has 4 atom stereocenters. The molecule has 19 nitrogen and oxygen atoms in total. The molecule has 4 amide bonds. The normalized spacial score (nSPS) is 12.8. The molecular formula is C40H61N5O14. The van der Waals surface area contributed by atoms with Gasteiger partial charge in [0.15, 0.2) is 0 Å². The second kappa shape index (κ2) is 30.5. The highest BCUT2D eigenvalue weighted by Gasteiger charge is 2.26. The largest absolute Gasteiger partial charge is 0.494 e. The average molecular weight is 836 g/mol. The fourth-order valence-electron chi connectivity index (χ4n) is 5.80. The summed E-state index contributed by atoms with van der Waals surface area (Å²) in [6.45, 7) is 0.846. The quantitative estimate of drug-likeness (QED) is 0.0350. The number of rotatable bonds is 35. The number of nitrogens with two attached hydrogens (primary N) is 1. The Morgan fingerprint density at radius 2 is 0.966 bits per heavy atom. The minimum atomic E-state index is -1.54. The Labute approximate surface area is 343 Å². The number of carbonyl (C=O) groups excluding carboxylic acids is 5. The SMILES string of the molecule is N[C@H](C=O)CCCCNC(=O)CC[C@H](NC(=O)CC[C@H](NC(=O)CC[C@H](NC(=O)CCCCCCCCCCCOc1ccc(C(=O)O)cc1)C(=O)O)C(=O)O)C(=O)O. The lowest BCUT2D eigenvalue weighted by atomic mass is 10.1. The zero-order valence-corrected chi connectivity index (χ0v) is 33.5. The molecule has 0 aromatic heterocycles. The first-order valence-corrected chi connectivity index (χ1v) is 20.1. The van der Waals surface area contributed by atoms with E-state index in [0.717, 1.165) is 51.4 Å². The van der Waals surface area contributed by atoms with Crippen LogP contribution in [-0.4, -0.2) is 112 Å². The third-order valence-corrected chi connectivity index (χ3v) is 9.26. The molecule has 0 bridgehead atoms. The molecule has 0 radical (unpaired) electrons. The number of unbranched alkanes of at least 4 members (excludes halogenated alkanes) is 9. The van der Waals surface area contributed by atoms with E-state index in [2.05, 4.69) is 21.3 Å². The molecular weight excluding hydrogens is 774 g/mol. The van der Waals surface area contributed by atoms with Gasteiger partial charge in [-0.3, -0.25) is 19.2 Å². The fourth-order valence-corrected chi connectivity index (χ4v) is 5.80. The van der Waals surface area contributed by atoms with E-state index >= 15 is 0 Å². The van der Waals surface area contributed by atoms with Gasteiger partial charge in [-0.2, -0.15) is 0 Å². The Balaban J connectivity index is 2.27. The van der Waals surface area contributed by atoms with Gasteiger partial charge in [-0.05, 0) is 75.6 Å². The Hall–Kier alpha value is -5.59. The van der Waals surface area contributed by atoms with Gasteiger partial charge in [0, 0.05) is 32.2 Å². The number of hydrogen-bond acceptors (Lipinski definition) is 11. The highest BCUT2D eigenvalue weighted by molar-refractivity contribution is 5.88. The van der Waals surface area contributed by atoms with Gasteiger partial charge in [-0.15, -0.1) is 0 Å². The molecule has 59 heavy (non-hydrogen) atoms. The van der Waals surface area contributed by atoms with Crippen molar-refractivity contribution in [2.45, 2.75) is 146 Å². The van der Waals surface area contributed by atoms with E-state index in [1.54, 1.807) is 12.1 Å². The van der Waals surface area contributed by atoms with Crippen LogP contribution in [0.1, 0.15) is 132 Å². The Bertz CT molecular complexity index is 1510. The van der Waals surface area contributed by atoms with Crippen LogP contribution in [0.2, 0.25) is 0 Å². The van der Waals surface area contributed by atoms with Crippen LogP contribution in [0.5, 0.6) is 5.75 Å². The third kappa shape index (κ3) is 25.4. The number of benzene rings is 1. The predicted molar refractivity (Wildman–Crippen MR) is 212 cm³/mol. The van der Waals surface area contributed by atoms with Gasteiger partial charge < -0.3 is 57.0 Å². The second-order valence-corrected chi connectivity index (χ2v) is 14.2. The molecule has 0 saturated heterocycles. The number of nitrogens with one attached hydrogen (secondary N) is 4. The summed E-state index contributed by atoms with van der Waals surface area (Å²) in [6.07, 6.45) is 8.60. The lowest BCUT2D eigenvalue weighted by molar-refractivity contribution is -0.144. The smallest absolute Gasteiger partial charge is 0.335 e. The Morgan fingerprint density at radius 3 is 1.41 bits per heavy atom. The Morgan fingerprint density at radius 1 is 0.542 bits per heavy atom. The van der Waals surface area contributed by atoms with E-state index in [-0.39, 0.29) is 31.2 Å². The fraction of sp³-hybridized carbons (Fsp3) is 0.625. The van der Waals surface area contributed by atoms with Gasteiger partial charge in [-0.25, -0.2) is 19.2 Å². The summed E-state index contributed by atoms with van der Waals surface area (Å²) in [5.74, 6) is -7.16. The summed E-state index contributed by atoms with van der Waals surface area (Å²) in [4.78, 5) is 106.